The summed E-state index contributed by atoms with van der Waals surface area (Å²) in [5.74, 6) is 0.310. The van der Waals surface area contributed by atoms with Crippen LogP contribution in [0.1, 0.15) is 31.4 Å². The Morgan fingerprint density at radius 2 is 1.94 bits per heavy atom. The van der Waals surface area contributed by atoms with Crippen molar-refractivity contribution in [2.24, 2.45) is 0 Å². The molecule has 0 radical (unpaired) electrons. The number of rotatable bonds is 2. The molecule has 0 aromatic carbocycles. The molecule has 1 aliphatic heterocycles. The molecule has 16 heavy (non-hydrogen) atoms. The topological polar surface area (TPSA) is 53.7 Å². The molecule has 1 aromatic rings. The third-order valence-electron chi connectivity index (χ3n) is 2.94. The van der Waals surface area contributed by atoms with Crippen LogP contribution in [-0.2, 0) is 6.54 Å². The summed E-state index contributed by atoms with van der Waals surface area (Å²) in [5.41, 5.74) is -0.365. The predicted molar refractivity (Wildman–Crippen MR) is 60.4 cm³/mol. The van der Waals surface area contributed by atoms with Gasteiger partial charge in [0.15, 0.2) is 5.75 Å². The monoisotopic (exact) mass is 223 g/mol. The maximum Gasteiger partial charge on any atom is 0.226 e. The lowest BCUT2D eigenvalue weighted by Crippen LogP contribution is -2.24. The maximum absolute atomic E-state index is 11.2. The van der Waals surface area contributed by atoms with E-state index in [2.05, 4.69) is 4.90 Å². The predicted octanol–water partition coefficient (Wildman–Crippen LogP) is 1.72. The molecule has 1 N–H and O–H groups in total. The zero-order valence-electron chi connectivity index (χ0n) is 9.32. The van der Waals surface area contributed by atoms with E-state index in [1.54, 1.807) is 0 Å². The van der Waals surface area contributed by atoms with E-state index in [4.69, 9.17) is 9.52 Å². The fraction of sp³-hybridized carbons (Fsp3) is 0.583. The minimum atomic E-state index is -0.365. The molecule has 4 nitrogen and oxygen atoms in total. The van der Waals surface area contributed by atoms with Gasteiger partial charge >= 0.3 is 0 Å². The lowest BCUT2D eigenvalue weighted by Gasteiger charge is -2.18. The first-order valence-corrected chi connectivity index (χ1v) is 5.79. The fourth-order valence-corrected chi connectivity index (χ4v) is 2.04. The van der Waals surface area contributed by atoms with Gasteiger partial charge in [0, 0.05) is 6.07 Å². The van der Waals surface area contributed by atoms with Gasteiger partial charge in [0.1, 0.15) is 12.0 Å². The van der Waals surface area contributed by atoms with Crippen LogP contribution in [0, 0.1) is 0 Å². The molecule has 1 aromatic heterocycles. The molecule has 1 saturated heterocycles. The van der Waals surface area contributed by atoms with Crippen molar-refractivity contribution in [1.29, 1.82) is 0 Å². The minimum Gasteiger partial charge on any atom is -0.502 e. The molecule has 2 heterocycles. The SMILES string of the molecule is O=c1cc(CN2CCCCCC2)occ1O. The van der Waals surface area contributed by atoms with E-state index >= 15 is 0 Å². The number of nitrogens with zero attached hydrogens (tertiary/aromatic N) is 1. The highest BCUT2D eigenvalue weighted by Crippen LogP contribution is 2.13. The smallest absolute Gasteiger partial charge is 0.226 e. The van der Waals surface area contributed by atoms with E-state index in [0.29, 0.717) is 12.3 Å². The fourth-order valence-electron chi connectivity index (χ4n) is 2.04. The van der Waals surface area contributed by atoms with E-state index in [1.165, 1.54) is 31.7 Å². The van der Waals surface area contributed by atoms with Crippen molar-refractivity contribution in [1.82, 2.24) is 4.90 Å². The number of likely N-dealkylation sites (tertiary alicyclic amines) is 1. The molecule has 0 atom stereocenters. The number of hydrogen-bond donors (Lipinski definition) is 1. The molecule has 0 unspecified atom stereocenters. The molecule has 1 fully saturated rings. The van der Waals surface area contributed by atoms with Crippen molar-refractivity contribution in [2.45, 2.75) is 32.2 Å². The molecule has 4 heteroatoms. The Morgan fingerprint density at radius 3 is 2.56 bits per heavy atom. The van der Waals surface area contributed by atoms with Crippen molar-refractivity contribution in [3.8, 4) is 5.75 Å². The van der Waals surface area contributed by atoms with Gasteiger partial charge in [-0.25, -0.2) is 0 Å². The van der Waals surface area contributed by atoms with E-state index in [9.17, 15) is 4.79 Å². The quantitative estimate of drug-likeness (QED) is 0.829. The Kier molecular flexibility index (Phi) is 3.62. The van der Waals surface area contributed by atoms with Crippen LogP contribution >= 0.6 is 0 Å². The highest BCUT2D eigenvalue weighted by Gasteiger charge is 2.11. The molecule has 0 aliphatic carbocycles. The van der Waals surface area contributed by atoms with Gasteiger partial charge in [-0.2, -0.15) is 0 Å². The van der Waals surface area contributed by atoms with Gasteiger partial charge in [0.25, 0.3) is 0 Å². The normalized spacial score (nSPS) is 18.2. The molecule has 88 valence electrons. The number of hydrogen-bond acceptors (Lipinski definition) is 4. The van der Waals surface area contributed by atoms with Crippen LogP contribution in [0.4, 0.5) is 0 Å². The van der Waals surface area contributed by atoms with Crippen LogP contribution in [0.15, 0.2) is 21.5 Å². The second kappa shape index (κ2) is 5.16. The summed E-state index contributed by atoms with van der Waals surface area (Å²) in [4.78, 5) is 13.5. The van der Waals surface area contributed by atoms with Crippen molar-refractivity contribution >= 4 is 0 Å². The van der Waals surface area contributed by atoms with Crippen LogP contribution in [0.5, 0.6) is 5.75 Å². The van der Waals surface area contributed by atoms with Crippen molar-refractivity contribution in [3.05, 3.63) is 28.3 Å². The molecule has 1 aliphatic rings. The minimum absolute atomic E-state index is 0.320. The summed E-state index contributed by atoms with van der Waals surface area (Å²) in [7, 11) is 0. The Labute approximate surface area is 94.5 Å². The summed E-state index contributed by atoms with van der Waals surface area (Å²) in [5, 5.41) is 9.07. The van der Waals surface area contributed by atoms with Crippen molar-refractivity contribution < 1.29 is 9.52 Å². The van der Waals surface area contributed by atoms with Crippen LogP contribution in [0.25, 0.3) is 0 Å². The highest BCUT2D eigenvalue weighted by atomic mass is 16.4. The van der Waals surface area contributed by atoms with E-state index in [-0.39, 0.29) is 11.2 Å². The third kappa shape index (κ3) is 2.85. The standard InChI is InChI=1S/C12H17NO3/c14-11-7-10(16-9-12(11)15)8-13-5-3-1-2-4-6-13/h7,9,15H,1-6,8H2. The Balaban J connectivity index is 2.02. The first-order chi connectivity index (χ1) is 7.75. The highest BCUT2D eigenvalue weighted by molar-refractivity contribution is 5.15. The molecule has 2 rings (SSSR count). The zero-order chi connectivity index (χ0) is 11.4. The molecule has 0 amide bonds. The van der Waals surface area contributed by atoms with Crippen LogP contribution in [0.3, 0.4) is 0 Å². The van der Waals surface area contributed by atoms with Crippen molar-refractivity contribution in [2.75, 3.05) is 13.1 Å². The summed E-state index contributed by atoms with van der Waals surface area (Å²) in [6, 6.07) is 1.38. The largest absolute Gasteiger partial charge is 0.502 e. The zero-order valence-corrected chi connectivity index (χ0v) is 9.32. The second-order valence-corrected chi connectivity index (χ2v) is 4.29. The first kappa shape index (κ1) is 11.2. The second-order valence-electron chi connectivity index (χ2n) is 4.29. The van der Waals surface area contributed by atoms with Gasteiger partial charge in [-0.15, -0.1) is 0 Å². The van der Waals surface area contributed by atoms with Crippen LogP contribution < -0.4 is 5.43 Å². The third-order valence-corrected chi connectivity index (χ3v) is 2.94. The van der Waals surface area contributed by atoms with E-state index < -0.39 is 0 Å². The Bertz CT molecular complexity index is 391. The van der Waals surface area contributed by atoms with Gasteiger partial charge in [0.05, 0.1) is 6.54 Å². The maximum atomic E-state index is 11.2. The van der Waals surface area contributed by atoms with Crippen LogP contribution in [0.2, 0.25) is 0 Å². The first-order valence-electron chi connectivity index (χ1n) is 5.79. The lowest BCUT2D eigenvalue weighted by molar-refractivity contribution is 0.248. The van der Waals surface area contributed by atoms with Crippen molar-refractivity contribution in [3.63, 3.8) is 0 Å². The van der Waals surface area contributed by atoms with E-state index in [1.807, 2.05) is 0 Å². The molecule has 0 saturated carbocycles. The average Bonchev–Trinajstić information content (AvgIpc) is 2.52. The van der Waals surface area contributed by atoms with Gasteiger partial charge in [-0.1, -0.05) is 12.8 Å². The summed E-state index contributed by atoms with van der Waals surface area (Å²) in [6.07, 6.45) is 6.12. The van der Waals surface area contributed by atoms with Gasteiger partial charge < -0.3 is 9.52 Å². The molecular formula is C12H17NO3. The molecular weight excluding hydrogens is 206 g/mol. The Morgan fingerprint density at radius 1 is 1.25 bits per heavy atom. The number of aromatic hydroxyl groups is 1. The molecule has 0 bridgehead atoms. The lowest BCUT2D eigenvalue weighted by atomic mass is 10.2. The van der Waals surface area contributed by atoms with E-state index in [0.717, 1.165) is 19.4 Å². The van der Waals surface area contributed by atoms with Gasteiger partial charge in [-0.05, 0) is 25.9 Å². The average molecular weight is 223 g/mol. The van der Waals surface area contributed by atoms with Gasteiger partial charge in [0.2, 0.25) is 5.43 Å². The van der Waals surface area contributed by atoms with Gasteiger partial charge in [-0.3, -0.25) is 9.69 Å². The summed E-state index contributed by atoms with van der Waals surface area (Å²) < 4.78 is 5.19. The summed E-state index contributed by atoms with van der Waals surface area (Å²) >= 11 is 0. The van der Waals surface area contributed by atoms with Crippen LogP contribution in [-0.4, -0.2) is 23.1 Å². The Hall–Kier alpha value is -1.29. The molecule has 0 spiro atoms. The summed E-state index contributed by atoms with van der Waals surface area (Å²) in [6.45, 7) is 2.78.